The van der Waals surface area contributed by atoms with Crippen molar-refractivity contribution in [1.82, 2.24) is 26.6 Å². The lowest BCUT2D eigenvalue weighted by Gasteiger charge is -2.25. The fourth-order valence-corrected chi connectivity index (χ4v) is 6.29. The molecule has 0 aromatic heterocycles. The van der Waals surface area contributed by atoms with Gasteiger partial charge in [0.05, 0.1) is 39.2 Å². The Labute approximate surface area is 328 Å². The zero-order valence-corrected chi connectivity index (χ0v) is 32.5. The maximum Gasteiger partial charge on any atom is 0.246 e. The van der Waals surface area contributed by atoms with E-state index in [1.807, 2.05) is 48.5 Å². The first-order valence-electron chi connectivity index (χ1n) is 18.8. The van der Waals surface area contributed by atoms with E-state index in [1.54, 1.807) is 12.1 Å². The highest BCUT2D eigenvalue weighted by molar-refractivity contribution is 7.98. The van der Waals surface area contributed by atoms with Crippen LogP contribution in [0.3, 0.4) is 0 Å². The van der Waals surface area contributed by atoms with E-state index < -0.39 is 52.2 Å². The molecule has 0 saturated heterocycles. The van der Waals surface area contributed by atoms with Gasteiger partial charge in [-0.25, -0.2) is 0 Å². The number of nitrogens with one attached hydrogen (secondary N) is 6. The molecule has 302 valence electrons. The maximum atomic E-state index is 14.0. The molecule has 3 rings (SSSR count). The Balaban J connectivity index is 1.49. The van der Waals surface area contributed by atoms with Crippen molar-refractivity contribution in [3.05, 3.63) is 71.8 Å². The van der Waals surface area contributed by atoms with Crippen LogP contribution in [0.15, 0.2) is 60.7 Å². The number of rotatable bonds is 30. The van der Waals surface area contributed by atoms with Crippen molar-refractivity contribution >= 4 is 47.6 Å². The number of amides is 4. The summed E-state index contributed by atoms with van der Waals surface area (Å²) < 4.78 is 16.5. The number of ether oxygens (including phenoxy) is 3. The third-order valence-corrected chi connectivity index (χ3v) is 9.65. The predicted octanol–water partition coefficient (Wildman–Crippen LogP) is 1.09. The number of nitrogens with two attached hydrogens (primary N) is 1. The summed E-state index contributed by atoms with van der Waals surface area (Å²) in [4.78, 5) is 65.8. The molecule has 1 fully saturated rings. The number of carbonyl (C=O) groups excluding carboxylic acids is 5. The molecule has 2 aromatic rings. The molecule has 2 aromatic carbocycles. The molecule has 0 spiro atoms. The molecule has 2 unspecified atom stereocenters. The largest absolute Gasteiger partial charge is 0.379 e. The third kappa shape index (κ3) is 17.0. The van der Waals surface area contributed by atoms with Gasteiger partial charge in [0.15, 0.2) is 5.78 Å². The summed E-state index contributed by atoms with van der Waals surface area (Å²) in [6.45, 7) is 6.98. The van der Waals surface area contributed by atoms with Gasteiger partial charge in [0.2, 0.25) is 23.6 Å². The molecule has 15 nitrogen and oxygen atoms in total. The first-order valence-corrected chi connectivity index (χ1v) is 19.7. The fourth-order valence-electron chi connectivity index (χ4n) is 5.82. The van der Waals surface area contributed by atoms with Gasteiger partial charge in [-0.05, 0) is 49.9 Å². The van der Waals surface area contributed by atoms with Gasteiger partial charge in [0, 0.05) is 38.5 Å². The van der Waals surface area contributed by atoms with Crippen LogP contribution in [-0.4, -0.2) is 118 Å². The van der Waals surface area contributed by atoms with Crippen molar-refractivity contribution in [2.45, 2.75) is 62.3 Å². The Bertz CT molecular complexity index is 1490. The molecule has 8 N–H and O–H groups in total. The summed E-state index contributed by atoms with van der Waals surface area (Å²) in [5, 5.41) is 26.7. The summed E-state index contributed by atoms with van der Waals surface area (Å²) in [6.07, 6.45) is 2.64. The lowest BCUT2D eigenvalue weighted by atomic mass is 10.0. The highest BCUT2D eigenvalue weighted by Gasteiger charge is 2.62. The van der Waals surface area contributed by atoms with Crippen molar-refractivity contribution in [1.29, 1.82) is 5.41 Å². The van der Waals surface area contributed by atoms with Gasteiger partial charge in [-0.1, -0.05) is 79.5 Å². The Morgan fingerprint density at radius 1 is 0.836 bits per heavy atom. The molecule has 4 amide bonds. The minimum absolute atomic E-state index is 0.105. The highest BCUT2D eigenvalue weighted by Crippen LogP contribution is 2.46. The van der Waals surface area contributed by atoms with Crippen LogP contribution in [0.25, 0.3) is 0 Å². The van der Waals surface area contributed by atoms with E-state index in [0.29, 0.717) is 65.2 Å². The number of ketones is 1. The first-order chi connectivity index (χ1) is 26.7. The number of carbonyl (C=O) groups is 5. The summed E-state index contributed by atoms with van der Waals surface area (Å²) >= 11 is 0.852. The Morgan fingerprint density at radius 2 is 1.42 bits per heavy atom. The normalized spacial score (nSPS) is 17.0. The van der Waals surface area contributed by atoms with Crippen molar-refractivity contribution in [3.63, 3.8) is 0 Å². The molecule has 16 heteroatoms. The molecule has 4 atom stereocenters. The smallest absolute Gasteiger partial charge is 0.246 e. The van der Waals surface area contributed by atoms with Crippen molar-refractivity contribution in [3.8, 4) is 0 Å². The summed E-state index contributed by atoms with van der Waals surface area (Å²) in [7, 11) is 0. The van der Waals surface area contributed by atoms with Crippen LogP contribution in [0.4, 0.5) is 0 Å². The molecule has 0 aliphatic heterocycles. The topological polar surface area (TPSA) is 223 Å². The Hall–Kier alpha value is -4.19. The molecular formula is C39H57N7O8S. The Morgan fingerprint density at radius 3 is 2.00 bits per heavy atom. The van der Waals surface area contributed by atoms with Crippen molar-refractivity contribution in [2.24, 2.45) is 11.1 Å². The summed E-state index contributed by atoms with van der Waals surface area (Å²) in [6, 6.07) is 17.3. The molecule has 1 aliphatic rings. The van der Waals surface area contributed by atoms with Crippen LogP contribution in [0, 0.1) is 11.3 Å². The van der Waals surface area contributed by atoms with E-state index in [0.717, 1.165) is 42.6 Å². The van der Waals surface area contributed by atoms with Crippen LogP contribution >= 0.6 is 11.9 Å². The van der Waals surface area contributed by atoms with E-state index in [9.17, 15) is 24.0 Å². The summed E-state index contributed by atoms with van der Waals surface area (Å²) in [5.74, 6) is -3.20. The van der Waals surface area contributed by atoms with Crippen LogP contribution in [0.5, 0.6) is 0 Å². The lowest BCUT2D eigenvalue weighted by molar-refractivity contribution is -0.133. The number of benzene rings is 2. The average Bonchev–Trinajstić information content (AvgIpc) is 3.89. The Kier molecular flexibility index (Phi) is 21.2. The lowest BCUT2D eigenvalue weighted by Crippen LogP contribution is -2.58. The van der Waals surface area contributed by atoms with Crippen LogP contribution in [0.2, 0.25) is 0 Å². The quantitative estimate of drug-likeness (QED) is 0.0338. The molecule has 0 radical (unpaired) electrons. The third-order valence-electron chi connectivity index (χ3n) is 8.94. The average molecular weight is 784 g/mol. The SMILES string of the molecule is CCNCCCOCCOCCOCCCNC(=O)CNC(=O)[C@H](Cc1ccccc1)NC(=O)C1(NC(=O)[C@H](Cc2ccccc2)SN)CC1CC(=O)C=N. The van der Waals surface area contributed by atoms with Gasteiger partial charge in [0.25, 0.3) is 0 Å². The van der Waals surface area contributed by atoms with Crippen LogP contribution in [0.1, 0.15) is 43.7 Å². The van der Waals surface area contributed by atoms with Crippen molar-refractivity contribution in [2.75, 3.05) is 65.8 Å². The van der Waals surface area contributed by atoms with Gasteiger partial charge in [0.1, 0.15) is 16.8 Å². The molecular weight excluding hydrogens is 727 g/mol. The van der Waals surface area contributed by atoms with Crippen LogP contribution < -0.4 is 31.7 Å². The number of hydrogen-bond acceptors (Lipinski definition) is 12. The zero-order chi connectivity index (χ0) is 39.7. The minimum atomic E-state index is -1.48. The monoisotopic (exact) mass is 783 g/mol. The second-order valence-electron chi connectivity index (χ2n) is 13.2. The van der Waals surface area contributed by atoms with Gasteiger partial charge >= 0.3 is 0 Å². The van der Waals surface area contributed by atoms with Gasteiger partial charge in [-0.15, -0.1) is 0 Å². The highest BCUT2D eigenvalue weighted by atomic mass is 32.2. The summed E-state index contributed by atoms with van der Waals surface area (Å²) in [5.41, 5.74) is 0.155. The minimum Gasteiger partial charge on any atom is -0.379 e. The van der Waals surface area contributed by atoms with E-state index >= 15 is 0 Å². The number of Topliss-reactive ketones (excluding diaryl/α,β-unsaturated/α-hetero) is 1. The van der Waals surface area contributed by atoms with Gasteiger partial charge in [-0.3, -0.25) is 29.1 Å². The predicted molar refractivity (Wildman–Crippen MR) is 211 cm³/mol. The van der Waals surface area contributed by atoms with Gasteiger partial charge < -0.3 is 46.2 Å². The van der Waals surface area contributed by atoms with Crippen molar-refractivity contribution < 1.29 is 38.2 Å². The maximum absolute atomic E-state index is 14.0. The van der Waals surface area contributed by atoms with E-state index in [1.165, 1.54) is 0 Å². The van der Waals surface area contributed by atoms with E-state index in [4.69, 9.17) is 24.8 Å². The number of hydrogen-bond donors (Lipinski definition) is 7. The van der Waals surface area contributed by atoms with Gasteiger partial charge in [-0.2, -0.15) is 0 Å². The first kappa shape index (κ1) is 45.2. The molecule has 1 saturated carbocycles. The second kappa shape index (κ2) is 25.8. The fraction of sp³-hybridized carbons (Fsp3) is 0.538. The van der Waals surface area contributed by atoms with E-state index in [-0.39, 0.29) is 25.8 Å². The standard InChI is InChI=1S/C39H57N7O8S/c1-2-42-15-9-17-52-19-21-54-22-20-53-18-10-16-43-35(48)28-44-36(49)33(23-29-11-5-3-6-12-29)45-38(51)39(26-31(39)25-32(47)27-40)46-37(50)34(55-41)24-30-13-7-4-8-14-30/h3-8,11-14,27,31,33-34,40,42H,2,9-10,15-26,28,41H2,1H3,(H,43,48)(H,44,49)(H,45,51)(H,46,50)/t31?,33-,34-,39?/m0/s1. The van der Waals surface area contributed by atoms with E-state index in [2.05, 4.69) is 33.5 Å². The molecule has 1 aliphatic carbocycles. The molecule has 0 heterocycles. The molecule has 0 bridgehead atoms. The van der Waals surface area contributed by atoms with Crippen LogP contribution in [-0.2, 0) is 51.0 Å². The zero-order valence-electron chi connectivity index (χ0n) is 31.6. The molecule has 55 heavy (non-hydrogen) atoms. The second-order valence-corrected chi connectivity index (χ2v) is 14.0.